The Morgan fingerprint density at radius 2 is 2.00 bits per heavy atom. The lowest BCUT2D eigenvalue weighted by molar-refractivity contribution is -0.138. The predicted octanol–water partition coefficient (Wildman–Crippen LogP) is 2.45. The molecule has 2 N–H and O–H groups in total. The van der Waals surface area contributed by atoms with Crippen molar-refractivity contribution in [2.45, 2.75) is 61.6 Å². The van der Waals surface area contributed by atoms with E-state index >= 15 is 0 Å². The average Bonchev–Trinajstić information content (AvgIpc) is 2.59. The maximum Gasteiger partial charge on any atom is 0.416 e. The third kappa shape index (κ3) is 4.80. The standard InChI is InChI=1S/C17H23F3N2O4S/c1-11(2)21-22-15(23)14-10-16(3,7-8-26-14)27(24,25)13-6-4-5-12(9-13)17(18,19)20/h4-6,9,11,14,21H,7-8,10H2,1-3H3,(H,22,23). The van der Waals surface area contributed by atoms with Gasteiger partial charge in [0.25, 0.3) is 5.91 Å². The van der Waals surface area contributed by atoms with Gasteiger partial charge in [-0.1, -0.05) is 6.07 Å². The van der Waals surface area contributed by atoms with E-state index in [1.807, 2.05) is 13.8 Å². The topological polar surface area (TPSA) is 84.5 Å². The normalized spacial score (nSPS) is 24.0. The molecule has 0 spiro atoms. The maximum atomic E-state index is 13.1. The molecule has 0 saturated carbocycles. The zero-order valence-electron chi connectivity index (χ0n) is 15.3. The third-order valence-corrected chi connectivity index (χ3v) is 7.01. The lowest BCUT2D eigenvalue weighted by atomic mass is 9.96. The van der Waals surface area contributed by atoms with Crippen LogP contribution in [0.5, 0.6) is 0 Å². The van der Waals surface area contributed by atoms with E-state index in [-0.39, 0.29) is 25.5 Å². The van der Waals surface area contributed by atoms with Crippen LogP contribution in [0, 0.1) is 0 Å². The van der Waals surface area contributed by atoms with Crippen LogP contribution in [0.3, 0.4) is 0 Å². The van der Waals surface area contributed by atoms with E-state index in [0.717, 1.165) is 18.2 Å². The molecule has 1 aromatic carbocycles. The molecule has 6 nitrogen and oxygen atoms in total. The van der Waals surface area contributed by atoms with Crippen molar-refractivity contribution < 1.29 is 31.1 Å². The number of nitrogens with one attached hydrogen (secondary N) is 2. The van der Waals surface area contributed by atoms with E-state index in [0.29, 0.717) is 6.07 Å². The molecule has 0 aromatic heterocycles. The first kappa shape index (κ1) is 21.6. The number of alkyl halides is 3. The molecule has 0 aliphatic carbocycles. The zero-order valence-corrected chi connectivity index (χ0v) is 16.1. The molecule has 1 fully saturated rings. The molecule has 1 aliphatic rings. The number of ether oxygens (including phenoxy) is 1. The molecule has 2 atom stereocenters. The van der Waals surface area contributed by atoms with Crippen molar-refractivity contribution in [3.05, 3.63) is 29.8 Å². The van der Waals surface area contributed by atoms with Gasteiger partial charge >= 0.3 is 6.18 Å². The molecule has 2 rings (SSSR count). The Bertz CT molecular complexity index is 796. The van der Waals surface area contributed by atoms with Crippen LogP contribution < -0.4 is 10.9 Å². The van der Waals surface area contributed by atoms with Gasteiger partial charge in [-0.15, -0.1) is 0 Å². The van der Waals surface area contributed by atoms with Gasteiger partial charge in [-0.25, -0.2) is 13.8 Å². The average molecular weight is 408 g/mol. The second-order valence-electron chi connectivity index (χ2n) is 7.08. The number of halogens is 3. The molecule has 1 heterocycles. The number of hydrogen-bond donors (Lipinski definition) is 2. The van der Waals surface area contributed by atoms with Crippen molar-refractivity contribution in [2.24, 2.45) is 0 Å². The largest absolute Gasteiger partial charge is 0.416 e. The number of rotatable bonds is 5. The molecular weight excluding hydrogens is 385 g/mol. The molecule has 10 heteroatoms. The van der Waals surface area contributed by atoms with Crippen LogP contribution in [0.4, 0.5) is 13.2 Å². The molecule has 1 aliphatic heterocycles. The van der Waals surface area contributed by atoms with Gasteiger partial charge in [0.05, 0.1) is 15.2 Å². The smallest absolute Gasteiger partial charge is 0.368 e. The molecule has 27 heavy (non-hydrogen) atoms. The Balaban J connectivity index is 2.28. The number of benzene rings is 1. The molecule has 1 saturated heterocycles. The molecular formula is C17H23F3N2O4S. The molecule has 0 bridgehead atoms. The highest BCUT2D eigenvalue weighted by Gasteiger charge is 2.47. The first-order valence-electron chi connectivity index (χ1n) is 8.46. The number of carbonyl (C=O) groups excluding carboxylic acids is 1. The summed E-state index contributed by atoms with van der Waals surface area (Å²) >= 11 is 0. The second-order valence-corrected chi connectivity index (χ2v) is 9.54. The highest BCUT2D eigenvalue weighted by Crippen LogP contribution is 2.38. The Morgan fingerprint density at radius 1 is 1.33 bits per heavy atom. The summed E-state index contributed by atoms with van der Waals surface area (Å²) in [5.41, 5.74) is 4.13. The van der Waals surface area contributed by atoms with Crippen molar-refractivity contribution in [1.82, 2.24) is 10.9 Å². The number of hydrazine groups is 1. The third-order valence-electron chi connectivity index (χ3n) is 4.46. The van der Waals surface area contributed by atoms with E-state index in [2.05, 4.69) is 10.9 Å². The molecule has 1 aromatic rings. The number of hydrogen-bond acceptors (Lipinski definition) is 5. The summed E-state index contributed by atoms with van der Waals surface area (Å²) in [5, 5.41) is 0. The molecule has 2 unspecified atom stereocenters. The van der Waals surface area contributed by atoms with Crippen molar-refractivity contribution in [1.29, 1.82) is 0 Å². The van der Waals surface area contributed by atoms with Crippen molar-refractivity contribution in [3.63, 3.8) is 0 Å². The Morgan fingerprint density at radius 3 is 2.59 bits per heavy atom. The van der Waals surface area contributed by atoms with Crippen LogP contribution in [-0.2, 0) is 25.5 Å². The van der Waals surface area contributed by atoms with Gasteiger partial charge in [-0.2, -0.15) is 13.2 Å². The van der Waals surface area contributed by atoms with E-state index in [1.54, 1.807) is 0 Å². The minimum Gasteiger partial charge on any atom is -0.368 e. The Hall–Kier alpha value is -1.65. The quantitative estimate of drug-likeness (QED) is 0.731. The summed E-state index contributed by atoms with van der Waals surface area (Å²) in [4.78, 5) is 11.8. The van der Waals surface area contributed by atoms with E-state index in [1.165, 1.54) is 6.92 Å². The van der Waals surface area contributed by atoms with Crippen LogP contribution in [0.1, 0.15) is 39.2 Å². The van der Waals surface area contributed by atoms with Crippen LogP contribution in [0.2, 0.25) is 0 Å². The van der Waals surface area contributed by atoms with Gasteiger partial charge in [-0.05, 0) is 45.4 Å². The summed E-state index contributed by atoms with van der Waals surface area (Å²) in [6, 6.07) is 3.62. The SMILES string of the molecule is CC(C)NNC(=O)C1CC(C)(S(=O)(=O)c2cccc(C(F)(F)F)c2)CCO1. The number of sulfone groups is 1. The second kappa shape index (κ2) is 7.76. The van der Waals surface area contributed by atoms with Crippen LogP contribution in [0.25, 0.3) is 0 Å². The summed E-state index contributed by atoms with van der Waals surface area (Å²) in [6.07, 6.45) is -5.74. The summed E-state index contributed by atoms with van der Waals surface area (Å²) < 4.78 is 68.9. The van der Waals surface area contributed by atoms with Gasteiger partial charge in [0, 0.05) is 19.1 Å². The lowest BCUT2D eigenvalue weighted by Crippen LogP contribution is -2.53. The van der Waals surface area contributed by atoms with Gasteiger partial charge in [0.15, 0.2) is 9.84 Å². The number of carbonyl (C=O) groups is 1. The molecule has 1 amide bonds. The zero-order chi connectivity index (χ0) is 20.5. The van der Waals surface area contributed by atoms with Crippen LogP contribution >= 0.6 is 0 Å². The summed E-state index contributed by atoms with van der Waals surface area (Å²) in [6.45, 7) is 5.06. The fraction of sp³-hybridized carbons (Fsp3) is 0.588. The monoisotopic (exact) mass is 408 g/mol. The van der Waals surface area contributed by atoms with E-state index < -0.39 is 43.2 Å². The van der Waals surface area contributed by atoms with Gasteiger partial charge in [-0.3, -0.25) is 10.2 Å². The Kier molecular flexibility index (Phi) is 6.23. The maximum absolute atomic E-state index is 13.1. The van der Waals surface area contributed by atoms with Crippen molar-refractivity contribution in [3.8, 4) is 0 Å². The first-order valence-corrected chi connectivity index (χ1v) is 9.94. The fourth-order valence-corrected chi connectivity index (χ4v) is 4.63. The van der Waals surface area contributed by atoms with Crippen LogP contribution in [-0.4, -0.2) is 37.8 Å². The van der Waals surface area contributed by atoms with Crippen LogP contribution in [0.15, 0.2) is 29.2 Å². The van der Waals surface area contributed by atoms with Gasteiger partial charge in [0.2, 0.25) is 0 Å². The molecule has 152 valence electrons. The highest BCUT2D eigenvalue weighted by molar-refractivity contribution is 7.92. The summed E-state index contributed by atoms with van der Waals surface area (Å²) in [5.74, 6) is -0.520. The first-order chi connectivity index (χ1) is 12.4. The number of amides is 1. The predicted molar refractivity (Wildman–Crippen MR) is 92.4 cm³/mol. The minimum atomic E-state index is -4.65. The van der Waals surface area contributed by atoms with E-state index in [9.17, 15) is 26.4 Å². The lowest BCUT2D eigenvalue weighted by Gasteiger charge is -2.37. The minimum absolute atomic E-state index is 0.00839. The Labute approximate surface area is 156 Å². The highest BCUT2D eigenvalue weighted by atomic mass is 32.2. The van der Waals surface area contributed by atoms with E-state index in [4.69, 9.17) is 4.74 Å². The van der Waals surface area contributed by atoms with Crippen molar-refractivity contribution >= 4 is 15.7 Å². The molecule has 0 radical (unpaired) electrons. The summed E-state index contributed by atoms with van der Waals surface area (Å²) in [7, 11) is -4.12. The van der Waals surface area contributed by atoms with Gasteiger partial charge in [0.1, 0.15) is 6.10 Å². The fourth-order valence-electron chi connectivity index (χ4n) is 2.80. The van der Waals surface area contributed by atoms with Gasteiger partial charge < -0.3 is 4.74 Å². The van der Waals surface area contributed by atoms with Crippen molar-refractivity contribution in [2.75, 3.05) is 6.61 Å².